The molecule has 0 saturated heterocycles. The summed E-state index contributed by atoms with van der Waals surface area (Å²) in [5.74, 6) is 1.80. The first-order chi connectivity index (χ1) is 11.8. The molecule has 0 aliphatic heterocycles. The van der Waals surface area contributed by atoms with E-state index in [0.717, 1.165) is 44.9 Å². The lowest BCUT2D eigenvalue weighted by Gasteiger charge is -2.62. The second-order valence-electron chi connectivity index (χ2n) is 9.94. The molecule has 1 unspecified atom stereocenters. The molecule has 4 aliphatic carbocycles. The number of carbonyl (C=O) groups excluding carboxylic acids is 1. The van der Waals surface area contributed by atoms with Crippen molar-refractivity contribution in [1.29, 1.82) is 0 Å². The van der Waals surface area contributed by atoms with Crippen LogP contribution < -0.4 is 0 Å². The molecule has 0 radical (unpaired) electrons. The number of fused-ring (bicyclic) bond motifs is 5. The fourth-order valence-electron chi connectivity index (χ4n) is 7.56. The Kier molecular flexibility index (Phi) is 4.23. The fourth-order valence-corrected chi connectivity index (χ4v) is 7.56. The fraction of sp³-hybridized carbons (Fsp3) is 0.952. The van der Waals surface area contributed by atoms with Crippen LogP contribution in [0.15, 0.2) is 0 Å². The molecule has 0 heterocycles. The minimum absolute atomic E-state index is 0.0410. The topological polar surface area (TPSA) is 66.8 Å². The summed E-state index contributed by atoms with van der Waals surface area (Å²) in [7, 11) is 0. The van der Waals surface area contributed by atoms with Crippen molar-refractivity contribution in [1.82, 2.24) is 0 Å². The van der Waals surface area contributed by atoms with Crippen LogP contribution in [0.2, 0.25) is 0 Å². The quantitative estimate of drug-likeness (QED) is 0.712. The van der Waals surface area contributed by atoms with E-state index in [4.69, 9.17) is 4.74 Å². The van der Waals surface area contributed by atoms with Crippen molar-refractivity contribution >= 4 is 5.97 Å². The van der Waals surface area contributed by atoms with Crippen LogP contribution in [-0.2, 0) is 9.53 Å². The molecule has 4 saturated carbocycles. The molecule has 0 aromatic carbocycles. The Morgan fingerprint density at radius 3 is 2.32 bits per heavy atom. The van der Waals surface area contributed by atoms with Crippen molar-refractivity contribution in [2.24, 2.45) is 34.5 Å². The van der Waals surface area contributed by atoms with E-state index in [0.29, 0.717) is 17.8 Å². The lowest BCUT2D eigenvalue weighted by Crippen LogP contribution is -2.59. The highest BCUT2D eigenvalue weighted by atomic mass is 16.5. The summed E-state index contributed by atoms with van der Waals surface area (Å²) in [6.45, 7) is 6.18. The van der Waals surface area contributed by atoms with Gasteiger partial charge >= 0.3 is 5.97 Å². The highest BCUT2D eigenvalue weighted by molar-refractivity contribution is 5.66. The van der Waals surface area contributed by atoms with E-state index in [1.165, 1.54) is 13.3 Å². The van der Waals surface area contributed by atoms with Crippen molar-refractivity contribution < 1.29 is 19.7 Å². The van der Waals surface area contributed by atoms with Gasteiger partial charge in [-0.3, -0.25) is 4.79 Å². The Balaban J connectivity index is 1.68. The number of aliphatic hydroxyl groups excluding tert-OH is 2. The van der Waals surface area contributed by atoms with E-state index in [-0.39, 0.29) is 41.0 Å². The molecule has 0 aromatic rings. The molecule has 0 aromatic heterocycles. The zero-order valence-corrected chi connectivity index (χ0v) is 15.9. The Morgan fingerprint density at radius 2 is 1.60 bits per heavy atom. The molecule has 0 spiro atoms. The standard InChI is InChI=1S/C21H34O4/c1-12(22)25-18-11-14-15-4-5-19(24)21(15,3)9-7-16(14)20(2)8-6-13(23)10-17(18)20/h13-19,23-24H,4-11H2,1-3H3/t13-,14+,15+,16+,17?,18+,19+,20-,21+/m1/s1. The first-order valence-corrected chi connectivity index (χ1v) is 10.3. The van der Waals surface area contributed by atoms with Gasteiger partial charge in [0.15, 0.2) is 0 Å². The van der Waals surface area contributed by atoms with Gasteiger partial charge in [-0.05, 0) is 80.0 Å². The Labute approximate surface area is 151 Å². The van der Waals surface area contributed by atoms with E-state index >= 15 is 0 Å². The van der Waals surface area contributed by atoms with Crippen LogP contribution in [0.4, 0.5) is 0 Å². The molecule has 0 bridgehead atoms. The summed E-state index contributed by atoms with van der Waals surface area (Å²) in [6, 6.07) is 0. The Bertz CT molecular complexity index is 548. The summed E-state index contributed by atoms with van der Waals surface area (Å²) >= 11 is 0. The van der Waals surface area contributed by atoms with Gasteiger partial charge < -0.3 is 14.9 Å². The summed E-state index contributed by atoms with van der Waals surface area (Å²) < 4.78 is 5.82. The first kappa shape index (κ1) is 17.8. The summed E-state index contributed by atoms with van der Waals surface area (Å²) in [4.78, 5) is 11.8. The van der Waals surface area contributed by atoms with Gasteiger partial charge in [-0.1, -0.05) is 13.8 Å². The van der Waals surface area contributed by atoms with Crippen LogP contribution in [0, 0.1) is 34.5 Å². The second kappa shape index (κ2) is 5.95. The van der Waals surface area contributed by atoms with Gasteiger partial charge in [0.2, 0.25) is 0 Å². The lowest BCUT2D eigenvalue weighted by atomic mass is 9.44. The van der Waals surface area contributed by atoms with E-state index < -0.39 is 0 Å². The smallest absolute Gasteiger partial charge is 0.302 e. The van der Waals surface area contributed by atoms with Crippen molar-refractivity contribution in [3.63, 3.8) is 0 Å². The van der Waals surface area contributed by atoms with Crippen LogP contribution >= 0.6 is 0 Å². The average Bonchev–Trinajstić information content (AvgIpc) is 2.84. The van der Waals surface area contributed by atoms with Crippen molar-refractivity contribution in [2.45, 2.75) is 90.4 Å². The van der Waals surface area contributed by atoms with Gasteiger partial charge in [0.1, 0.15) is 6.10 Å². The highest BCUT2D eigenvalue weighted by Crippen LogP contribution is 2.66. The summed E-state index contributed by atoms with van der Waals surface area (Å²) in [5, 5.41) is 20.9. The number of hydrogen-bond donors (Lipinski definition) is 2. The zero-order valence-electron chi connectivity index (χ0n) is 15.9. The van der Waals surface area contributed by atoms with E-state index in [9.17, 15) is 15.0 Å². The monoisotopic (exact) mass is 350 g/mol. The minimum atomic E-state index is -0.255. The van der Waals surface area contributed by atoms with Crippen LogP contribution in [0.3, 0.4) is 0 Å². The molecular formula is C21H34O4. The Morgan fingerprint density at radius 1 is 0.920 bits per heavy atom. The minimum Gasteiger partial charge on any atom is -0.462 e. The van der Waals surface area contributed by atoms with Crippen LogP contribution in [-0.4, -0.2) is 34.5 Å². The van der Waals surface area contributed by atoms with Crippen molar-refractivity contribution in [2.75, 3.05) is 0 Å². The molecular weight excluding hydrogens is 316 g/mol. The van der Waals surface area contributed by atoms with E-state index in [1.54, 1.807) is 0 Å². The maximum Gasteiger partial charge on any atom is 0.302 e. The summed E-state index contributed by atoms with van der Waals surface area (Å²) in [6.07, 6.45) is 7.39. The largest absolute Gasteiger partial charge is 0.462 e. The van der Waals surface area contributed by atoms with Gasteiger partial charge in [-0.15, -0.1) is 0 Å². The lowest BCUT2D eigenvalue weighted by molar-refractivity contribution is -0.193. The number of carbonyl (C=O) groups is 1. The van der Waals surface area contributed by atoms with Gasteiger partial charge in [0.05, 0.1) is 12.2 Å². The third kappa shape index (κ3) is 2.58. The molecule has 4 nitrogen and oxygen atoms in total. The normalized spacial score (nSPS) is 55.0. The van der Waals surface area contributed by atoms with Crippen LogP contribution in [0.5, 0.6) is 0 Å². The molecule has 4 fully saturated rings. The average molecular weight is 350 g/mol. The Hall–Kier alpha value is -0.610. The van der Waals surface area contributed by atoms with Crippen LogP contribution in [0.1, 0.15) is 72.1 Å². The number of aliphatic hydroxyl groups is 2. The maximum atomic E-state index is 11.8. The number of rotatable bonds is 1. The summed E-state index contributed by atoms with van der Waals surface area (Å²) in [5.41, 5.74) is 0.191. The molecule has 25 heavy (non-hydrogen) atoms. The molecule has 4 aliphatic rings. The van der Waals surface area contributed by atoms with Gasteiger partial charge in [-0.25, -0.2) is 0 Å². The molecule has 0 amide bonds. The number of esters is 1. The third-order valence-electron chi connectivity index (χ3n) is 8.89. The van der Waals surface area contributed by atoms with Crippen molar-refractivity contribution in [3.8, 4) is 0 Å². The second-order valence-corrected chi connectivity index (χ2v) is 9.94. The highest BCUT2D eigenvalue weighted by Gasteiger charge is 2.62. The molecule has 4 rings (SSSR count). The maximum absolute atomic E-state index is 11.8. The predicted molar refractivity (Wildman–Crippen MR) is 94.7 cm³/mol. The van der Waals surface area contributed by atoms with E-state index in [2.05, 4.69) is 13.8 Å². The van der Waals surface area contributed by atoms with Gasteiger partial charge in [-0.2, -0.15) is 0 Å². The van der Waals surface area contributed by atoms with Gasteiger partial charge in [0, 0.05) is 12.8 Å². The van der Waals surface area contributed by atoms with Crippen LogP contribution in [0.25, 0.3) is 0 Å². The SMILES string of the molecule is CC(=O)O[C@H]1C[C@H]2[C@@H]3CC[C@H](O)[C@@]3(C)CC[C@@H]2[C@@]2(C)CC[C@@H](O)CC12. The molecule has 4 heteroatoms. The molecule has 2 N–H and O–H groups in total. The predicted octanol–water partition coefficient (Wildman–Crippen LogP) is 3.29. The van der Waals surface area contributed by atoms with Crippen molar-refractivity contribution in [3.05, 3.63) is 0 Å². The van der Waals surface area contributed by atoms with Gasteiger partial charge in [0.25, 0.3) is 0 Å². The molecule has 9 atom stereocenters. The number of hydrogen-bond acceptors (Lipinski definition) is 4. The van der Waals surface area contributed by atoms with E-state index in [1.807, 2.05) is 0 Å². The third-order valence-corrected chi connectivity index (χ3v) is 8.89. The number of ether oxygens (including phenoxy) is 1. The first-order valence-electron chi connectivity index (χ1n) is 10.3. The molecule has 142 valence electrons. The zero-order chi connectivity index (χ0) is 18.0.